The van der Waals surface area contributed by atoms with Gasteiger partial charge in [-0.15, -0.1) is 0 Å². The lowest BCUT2D eigenvalue weighted by Crippen LogP contribution is -2.52. The van der Waals surface area contributed by atoms with Crippen molar-refractivity contribution in [1.29, 1.82) is 0 Å². The summed E-state index contributed by atoms with van der Waals surface area (Å²) in [5.41, 5.74) is 4.43. The number of hydrogen-bond donors (Lipinski definition) is 2. The first-order valence-electron chi connectivity index (χ1n) is 4.03. The van der Waals surface area contributed by atoms with Crippen molar-refractivity contribution in [3.05, 3.63) is 18.2 Å². The second-order valence-electron chi connectivity index (χ2n) is 3.02. The van der Waals surface area contributed by atoms with Gasteiger partial charge in [0.2, 0.25) is 0 Å². The maximum Gasteiger partial charge on any atom is 0.328 e. The lowest BCUT2D eigenvalue weighted by molar-refractivity contribution is -0.147. The summed E-state index contributed by atoms with van der Waals surface area (Å²) in [6, 6.07) is 0. The van der Waals surface area contributed by atoms with E-state index in [0.717, 1.165) is 0 Å². The van der Waals surface area contributed by atoms with Gasteiger partial charge in [-0.2, -0.15) is 0 Å². The van der Waals surface area contributed by atoms with E-state index < -0.39 is 18.2 Å². The van der Waals surface area contributed by atoms with Crippen molar-refractivity contribution < 1.29 is 13.9 Å². The van der Waals surface area contributed by atoms with E-state index in [4.69, 9.17) is 5.73 Å². The molecule has 0 unspecified atom stereocenters. The fourth-order valence-corrected chi connectivity index (χ4v) is 1.09. The number of rotatable bonds is 4. The fraction of sp³-hybridized carbons (Fsp3) is 0.500. The summed E-state index contributed by atoms with van der Waals surface area (Å²) in [4.78, 5) is 17.7. The topological polar surface area (TPSA) is 81.0 Å². The standard InChI is InChI=1S/C8H12FN3O2/c1-14-7(13)8(10,4-9)2-6-3-11-5-12-6/h3,5H,2,4,10H2,1H3,(H,11,12)/t8-/m1/s1. The molecule has 0 aromatic carbocycles. The van der Waals surface area contributed by atoms with Gasteiger partial charge in [0.05, 0.1) is 19.1 Å². The Labute approximate surface area is 80.5 Å². The number of nitrogens with two attached hydrogens (primary N) is 1. The molecule has 5 nitrogen and oxygen atoms in total. The molecule has 0 saturated heterocycles. The number of methoxy groups -OCH3 is 1. The van der Waals surface area contributed by atoms with Gasteiger partial charge in [-0.1, -0.05) is 0 Å². The van der Waals surface area contributed by atoms with Gasteiger partial charge < -0.3 is 15.5 Å². The number of hydrogen-bond acceptors (Lipinski definition) is 4. The van der Waals surface area contributed by atoms with Gasteiger partial charge in [-0.05, 0) is 0 Å². The molecule has 0 aliphatic carbocycles. The minimum atomic E-state index is -1.63. The molecule has 0 aliphatic rings. The highest BCUT2D eigenvalue weighted by atomic mass is 19.1. The average molecular weight is 201 g/mol. The quantitative estimate of drug-likeness (QED) is 0.660. The van der Waals surface area contributed by atoms with Crippen molar-refractivity contribution >= 4 is 5.97 Å². The van der Waals surface area contributed by atoms with Gasteiger partial charge in [-0.25, -0.2) is 14.2 Å². The van der Waals surface area contributed by atoms with Gasteiger partial charge in [0.25, 0.3) is 0 Å². The first-order chi connectivity index (χ1) is 6.62. The lowest BCUT2D eigenvalue weighted by Gasteiger charge is -2.21. The molecule has 0 aliphatic heterocycles. The Morgan fingerprint density at radius 1 is 1.86 bits per heavy atom. The third kappa shape index (κ3) is 2.08. The third-order valence-electron chi connectivity index (χ3n) is 1.88. The number of alkyl halides is 1. The molecular weight excluding hydrogens is 189 g/mol. The number of aromatic amines is 1. The summed E-state index contributed by atoms with van der Waals surface area (Å²) < 4.78 is 17.0. The Kier molecular flexibility index (Phi) is 3.19. The van der Waals surface area contributed by atoms with Gasteiger partial charge in [-0.3, -0.25) is 0 Å². The van der Waals surface area contributed by atoms with Crippen LogP contribution in [0.25, 0.3) is 0 Å². The summed E-state index contributed by atoms with van der Waals surface area (Å²) in [5.74, 6) is -0.775. The van der Waals surface area contributed by atoms with Crippen LogP contribution in [0.1, 0.15) is 5.69 Å². The number of carbonyl (C=O) groups is 1. The van der Waals surface area contributed by atoms with E-state index in [1.807, 2.05) is 0 Å². The molecule has 1 aromatic heterocycles. The second kappa shape index (κ2) is 4.19. The zero-order valence-electron chi connectivity index (χ0n) is 7.79. The van der Waals surface area contributed by atoms with E-state index >= 15 is 0 Å². The molecule has 0 saturated carbocycles. The monoisotopic (exact) mass is 201 g/mol. The number of esters is 1. The third-order valence-corrected chi connectivity index (χ3v) is 1.88. The molecule has 3 N–H and O–H groups in total. The molecule has 6 heteroatoms. The van der Waals surface area contributed by atoms with Crippen LogP contribution >= 0.6 is 0 Å². The Morgan fingerprint density at radius 3 is 3.00 bits per heavy atom. The van der Waals surface area contributed by atoms with Crippen LogP contribution in [0.2, 0.25) is 0 Å². The highest BCUT2D eigenvalue weighted by Gasteiger charge is 2.36. The predicted octanol–water partition coefficient (Wildman–Crippen LogP) is -0.208. The number of aromatic nitrogens is 2. The van der Waals surface area contributed by atoms with Gasteiger partial charge in [0.1, 0.15) is 12.2 Å². The molecule has 1 heterocycles. The van der Waals surface area contributed by atoms with Crippen LogP contribution in [0.3, 0.4) is 0 Å². The van der Waals surface area contributed by atoms with Gasteiger partial charge >= 0.3 is 5.97 Å². The second-order valence-corrected chi connectivity index (χ2v) is 3.02. The number of ether oxygens (including phenoxy) is 1. The van der Waals surface area contributed by atoms with Crippen LogP contribution in [0.15, 0.2) is 12.5 Å². The summed E-state index contributed by atoms with van der Waals surface area (Å²) >= 11 is 0. The Morgan fingerprint density at radius 2 is 2.57 bits per heavy atom. The fourth-order valence-electron chi connectivity index (χ4n) is 1.09. The molecular formula is C8H12FN3O2. The number of imidazole rings is 1. The van der Waals surface area contributed by atoms with Crippen LogP contribution in [0.4, 0.5) is 4.39 Å². The number of nitrogens with zero attached hydrogens (tertiary/aromatic N) is 1. The molecule has 1 aromatic rings. The van der Waals surface area contributed by atoms with E-state index in [0.29, 0.717) is 5.69 Å². The van der Waals surface area contributed by atoms with Crippen molar-refractivity contribution in [3.63, 3.8) is 0 Å². The number of carbonyl (C=O) groups excluding carboxylic acids is 1. The SMILES string of the molecule is COC(=O)[C@](N)(CF)Cc1c[nH]cn1. The maximum atomic E-state index is 12.6. The van der Waals surface area contributed by atoms with Gasteiger partial charge in [0, 0.05) is 12.6 Å². The Bertz CT molecular complexity index is 302. The molecule has 78 valence electrons. The minimum Gasteiger partial charge on any atom is -0.468 e. The highest BCUT2D eigenvalue weighted by Crippen LogP contribution is 2.11. The molecule has 14 heavy (non-hydrogen) atoms. The smallest absolute Gasteiger partial charge is 0.328 e. The molecule has 0 spiro atoms. The predicted molar refractivity (Wildman–Crippen MR) is 47.2 cm³/mol. The largest absolute Gasteiger partial charge is 0.468 e. The molecule has 0 radical (unpaired) electrons. The van der Waals surface area contributed by atoms with Crippen LogP contribution in [0, 0.1) is 0 Å². The van der Waals surface area contributed by atoms with Crippen LogP contribution < -0.4 is 5.73 Å². The molecule has 1 rings (SSSR count). The average Bonchev–Trinajstić information content (AvgIpc) is 2.68. The summed E-state index contributed by atoms with van der Waals surface area (Å²) in [7, 11) is 1.17. The highest BCUT2D eigenvalue weighted by molar-refractivity contribution is 5.81. The van der Waals surface area contributed by atoms with Crippen LogP contribution in [0.5, 0.6) is 0 Å². The summed E-state index contributed by atoms with van der Waals surface area (Å²) in [6.07, 6.45) is 3.01. The van der Waals surface area contributed by atoms with Crippen LogP contribution in [-0.2, 0) is 16.0 Å². The van der Waals surface area contributed by atoms with Crippen molar-refractivity contribution in [2.45, 2.75) is 12.0 Å². The van der Waals surface area contributed by atoms with E-state index in [1.165, 1.54) is 13.4 Å². The molecule has 1 atom stereocenters. The molecule has 0 amide bonds. The van der Waals surface area contributed by atoms with E-state index in [2.05, 4.69) is 14.7 Å². The zero-order valence-corrected chi connectivity index (χ0v) is 7.79. The number of halogens is 1. The van der Waals surface area contributed by atoms with Crippen LogP contribution in [-0.4, -0.2) is 35.3 Å². The maximum absolute atomic E-state index is 12.6. The van der Waals surface area contributed by atoms with Crippen molar-refractivity contribution in [3.8, 4) is 0 Å². The molecule has 0 bridgehead atoms. The minimum absolute atomic E-state index is 0.0136. The number of H-pyrrole nitrogens is 1. The van der Waals surface area contributed by atoms with Gasteiger partial charge in [0.15, 0.2) is 0 Å². The Hall–Kier alpha value is -1.43. The number of nitrogens with one attached hydrogen (secondary N) is 1. The van der Waals surface area contributed by atoms with E-state index in [1.54, 1.807) is 6.20 Å². The van der Waals surface area contributed by atoms with Crippen molar-refractivity contribution in [2.24, 2.45) is 5.73 Å². The van der Waals surface area contributed by atoms with Crippen molar-refractivity contribution in [1.82, 2.24) is 9.97 Å². The van der Waals surface area contributed by atoms with E-state index in [-0.39, 0.29) is 6.42 Å². The lowest BCUT2D eigenvalue weighted by atomic mass is 9.97. The summed E-state index contributed by atoms with van der Waals surface area (Å²) in [6.45, 7) is -0.980. The first-order valence-corrected chi connectivity index (χ1v) is 4.03. The zero-order chi connectivity index (χ0) is 10.6. The van der Waals surface area contributed by atoms with Crippen molar-refractivity contribution in [2.75, 3.05) is 13.8 Å². The summed E-state index contributed by atoms with van der Waals surface area (Å²) in [5, 5.41) is 0. The van der Waals surface area contributed by atoms with E-state index in [9.17, 15) is 9.18 Å². The molecule has 0 fully saturated rings. The first kappa shape index (κ1) is 10.6. The normalized spacial score (nSPS) is 14.8. The Balaban J connectivity index is 2.76.